The van der Waals surface area contributed by atoms with Crippen LogP contribution < -0.4 is 14.9 Å². The summed E-state index contributed by atoms with van der Waals surface area (Å²) in [5.41, 5.74) is -0.851. The molecule has 0 aromatic heterocycles. The lowest BCUT2D eigenvalue weighted by Gasteiger charge is -2.44. The molecule has 0 radical (unpaired) electrons. The van der Waals surface area contributed by atoms with Gasteiger partial charge >= 0.3 is 5.51 Å². The van der Waals surface area contributed by atoms with E-state index in [0.717, 1.165) is 106 Å². The normalized spacial score (nSPS) is 21.1. The molecular formula is C53H66ClF3N6O5S3. The fraction of sp³-hybridized carbons (Fsp3) is 0.491. The number of halogens is 4. The first-order chi connectivity index (χ1) is 33.5. The van der Waals surface area contributed by atoms with Crippen LogP contribution in [0.5, 0.6) is 0 Å². The Kier molecular flexibility index (Phi) is 16.0. The molecule has 71 heavy (non-hydrogen) atoms. The van der Waals surface area contributed by atoms with Gasteiger partial charge in [-0.2, -0.15) is 13.2 Å². The van der Waals surface area contributed by atoms with Crippen molar-refractivity contribution in [2.75, 3.05) is 68.3 Å². The Bertz CT molecular complexity index is 2770. The lowest BCUT2D eigenvalue weighted by atomic mass is 9.72. The van der Waals surface area contributed by atoms with Crippen molar-refractivity contribution in [3.05, 3.63) is 119 Å². The maximum absolute atomic E-state index is 14.3. The van der Waals surface area contributed by atoms with E-state index in [1.807, 2.05) is 47.2 Å². The first-order valence-electron chi connectivity index (χ1n) is 24.5. The van der Waals surface area contributed by atoms with Gasteiger partial charge in [-0.15, -0.1) is 11.8 Å². The van der Waals surface area contributed by atoms with E-state index >= 15 is 0 Å². The third kappa shape index (κ3) is 12.8. The Morgan fingerprint density at radius 1 is 0.859 bits per heavy atom. The zero-order valence-electron chi connectivity index (χ0n) is 41.1. The van der Waals surface area contributed by atoms with Crippen molar-refractivity contribution in [3.8, 4) is 0 Å². The van der Waals surface area contributed by atoms with Crippen LogP contribution in [0.1, 0.15) is 89.1 Å². The second-order valence-corrected chi connectivity index (χ2v) is 26.4. The van der Waals surface area contributed by atoms with Gasteiger partial charge in [0.25, 0.3) is 25.8 Å². The number of sulfonamides is 1. The van der Waals surface area contributed by atoms with Gasteiger partial charge in [0.2, 0.25) is 0 Å². The summed E-state index contributed by atoms with van der Waals surface area (Å²) >= 11 is 7.72. The number of hydrogen-bond acceptors (Lipinski definition) is 11. The fourth-order valence-electron chi connectivity index (χ4n) is 10.6. The second kappa shape index (κ2) is 21.4. The number of carbonyl (C=O) groups is 1. The first kappa shape index (κ1) is 53.2. The average molecular weight is 1060 g/mol. The molecule has 1 aliphatic carbocycles. The van der Waals surface area contributed by atoms with Crippen LogP contribution in [0, 0.1) is 5.41 Å². The zero-order valence-corrected chi connectivity index (χ0v) is 44.3. The minimum Gasteiger partial charge on any atom is -0.380 e. The monoisotopic (exact) mass is 1050 g/mol. The van der Waals surface area contributed by atoms with E-state index in [-0.39, 0.29) is 22.2 Å². The van der Waals surface area contributed by atoms with Crippen LogP contribution in [0.15, 0.2) is 117 Å². The summed E-state index contributed by atoms with van der Waals surface area (Å²) in [6.07, 6.45) is 5.79. The predicted octanol–water partition coefficient (Wildman–Crippen LogP) is 10.4. The summed E-state index contributed by atoms with van der Waals surface area (Å²) in [5, 5.41) is 3.78. The van der Waals surface area contributed by atoms with Crippen LogP contribution in [0.25, 0.3) is 5.57 Å². The van der Waals surface area contributed by atoms with Crippen LogP contribution in [-0.2, 0) is 19.9 Å². The molecule has 3 aliphatic heterocycles. The number of alkyl halides is 3. The number of nitrogens with zero attached hydrogens (tertiary/aromatic N) is 4. The van der Waals surface area contributed by atoms with E-state index in [2.05, 4.69) is 71.7 Å². The number of sulfone groups is 1. The highest BCUT2D eigenvalue weighted by Gasteiger charge is 2.49. The van der Waals surface area contributed by atoms with E-state index in [1.165, 1.54) is 40.6 Å². The summed E-state index contributed by atoms with van der Waals surface area (Å²) in [7, 11) is -10.9. The van der Waals surface area contributed by atoms with Crippen molar-refractivity contribution in [1.29, 1.82) is 0 Å². The van der Waals surface area contributed by atoms with Crippen molar-refractivity contribution in [3.63, 3.8) is 0 Å². The van der Waals surface area contributed by atoms with Crippen LogP contribution in [0.2, 0.25) is 5.02 Å². The van der Waals surface area contributed by atoms with Crippen molar-refractivity contribution < 1.29 is 34.8 Å². The SMILES string of the molecule is CC1(C)CCC(c2ccc(Cl)cc2)=C(CN2C3CCC2CN(c2ccc(C(=O)NS(=O)(=O)c4ccc(NC(CCN5CCN(C(C)(C)C)CC5)CSc5ccccc5)c(S(=O)(=O)C(F)(F)F)c4)cc2)C3)C1. The number of carbonyl (C=O) groups excluding carboxylic acids is 1. The van der Waals surface area contributed by atoms with E-state index in [0.29, 0.717) is 36.9 Å². The van der Waals surface area contributed by atoms with Crippen molar-refractivity contribution in [1.82, 2.24) is 19.4 Å². The predicted molar refractivity (Wildman–Crippen MR) is 279 cm³/mol. The highest BCUT2D eigenvalue weighted by Crippen LogP contribution is 2.45. The van der Waals surface area contributed by atoms with Gasteiger partial charge in [-0.25, -0.2) is 21.6 Å². The Balaban J connectivity index is 0.949. The number of piperazine rings is 2. The fourth-order valence-corrected chi connectivity index (χ4v) is 13.7. The third-order valence-corrected chi connectivity index (χ3v) is 18.9. The Labute approximate surface area is 427 Å². The summed E-state index contributed by atoms with van der Waals surface area (Å²) in [6.45, 7) is 17.6. The molecule has 18 heteroatoms. The van der Waals surface area contributed by atoms with Gasteiger partial charge in [-0.1, -0.05) is 61.4 Å². The lowest BCUT2D eigenvalue weighted by Crippen LogP contribution is -2.54. The van der Waals surface area contributed by atoms with Crippen LogP contribution in [-0.4, -0.2) is 125 Å². The molecule has 8 rings (SSSR count). The second-order valence-electron chi connectivity index (χ2n) is 21.2. The number of nitrogens with one attached hydrogen (secondary N) is 2. The molecule has 4 aliphatic rings. The van der Waals surface area contributed by atoms with E-state index in [9.17, 15) is 34.8 Å². The van der Waals surface area contributed by atoms with Gasteiger partial charge in [-0.3, -0.25) is 14.6 Å². The highest BCUT2D eigenvalue weighted by atomic mass is 35.5. The maximum atomic E-state index is 14.3. The minimum atomic E-state index is -6.07. The van der Waals surface area contributed by atoms with Crippen LogP contribution in [0.3, 0.4) is 0 Å². The quantitative estimate of drug-likeness (QED) is 0.104. The number of amides is 1. The number of thioether (sulfide) groups is 1. The average Bonchev–Trinajstić information content (AvgIpc) is 3.53. The van der Waals surface area contributed by atoms with Crippen molar-refractivity contribution in [2.24, 2.45) is 5.41 Å². The molecule has 3 heterocycles. The number of rotatable bonds is 16. The molecule has 4 aromatic carbocycles. The Morgan fingerprint density at radius 3 is 2.13 bits per heavy atom. The number of allylic oxidation sites excluding steroid dienone is 1. The first-order valence-corrected chi connectivity index (χ1v) is 28.8. The van der Waals surface area contributed by atoms with Crippen molar-refractivity contribution in [2.45, 2.75) is 117 Å². The van der Waals surface area contributed by atoms with Gasteiger partial charge in [0.15, 0.2) is 0 Å². The largest absolute Gasteiger partial charge is 0.501 e. The number of hydrogen-bond donors (Lipinski definition) is 2. The molecular weight excluding hydrogens is 989 g/mol. The molecule has 4 aromatic rings. The number of fused-ring (bicyclic) bond motifs is 2. The highest BCUT2D eigenvalue weighted by molar-refractivity contribution is 7.99. The minimum absolute atomic E-state index is 0.0144. The molecule has 3 atom stereocenters. The lowest BCUT2D eigenvalue weighted by molar-refractivity contribution is -0.0435. The molecule has 2 bridgehead atoms. The van der Waals surface area contributed by atoms with E-state index in [1.54, 1.807) is 12.1 Å². The molecule has 11 nitrogen and oxygen atoms in total. The summed E-state index contributed by atoms with van der Waals surface area (Å²) < 4.78 is 98.9. The topological polar surface area (TPSA) is 122 Å². The number of benzene rings is 4. The number of anilines is 2. The molecule has 3 saturated heterocycles. The van der Waals surface area contributed by atoms with Gasteiger partial charge in [0, 0.05) is 103 Å². The molecule has 384 valence electrons. The Morgan fingerprint density at radius 2 is 1.51 bits per heavy atom. The molecule has 0 spiro atoms. The van der Waals surface area contributed by atoms with Gasteiger partial charge in [0.05, 0.1) is 10.6 Å². The summed E-state index contributed by atoms with van der Waals surface area (Å²) in [6, 6.07) is 26.9. The maximum Gasteiger partial charge on any atom is 0.501 e. The Hall–Kier alpha value is -4.10. The summed E-state index contributed by atoms with van der Waals surface area (Å²) in [5.74, 6) is -0.627. The van der Waals surface area contributed by atoms with Gasteiger partial charge in [-0.05, 0) is 143 Å². The molecule has 0 saturated carbocycles. The molecule has 3 fully saturated rings. The van der Waals surface area contributed by atoms with Crippen LogP contribution >= 0.6 is 23.4 Å². The molecule has 2 N–H and O–H groups in total. The van der Waals surface area contributed by atoms with E-state index in [4.69, 9.17) is 11.6 Å². The van der Waals surface area contributed by atoms with Gasteiger partial charge < -0.3 is 15.1 Å². The molecule has 1 amide bonds. The smallest absolute Gasteiger partial charge is 0.380 e. The molecule has 3 unspecified atom stereocenters. The van der Waals surface area contributed by atoms with Crippen LogP contribution in [0.4, 0.5) is 24.5 Å². The summed E-state index contributed by atoms with van der Waals surface area (Å²) in [4.78, 5) is 22.0. The van der Waals surface area contributed by atoms with Gasteiger partial charge in [0.1, 0.15) is 4.90 Å². The van der Waals surface area contributed by atoms with E-state index < -0.39 is 47.1 Å². The zero-order chi connectivity index (χ0) is 50.9. The third-order valence-electron chi connectivity index (χ3n) is 14.6. The van der Waals surface area contributed by atoms with Crippen molar-refractivity contribution >= 4 is 66.1 Å². The standard InChI is InChI=1S/C53H66ClF3N6O5S3/c1-51(2,3)62-29-27-60(28-30-62)26-24-41(36-69-45-9-7-6-8-10-45)58-48-22-21-46(31-49(48)70(65,66)53(55,56)57)71(67,68)59-50(64)38-13-17-42(18-14-38)61-34-43-19-20-44(35-61)63(43)33-39-32-52(4,5)25-23-47(39)37-11-15-40(54)16-12-37/h6-18,21-22,31,41,43-44,58H,19-20,23-30,32-36H2,1-5H3,(H,59,64).